The van der Waals surface area contributed by atoms with Crippen molar-refractivity contribution in [1.29, 1.82) is 0 Å². The Morgan fingerprint density at radius 3 is 1.63 bits per heavy atom. The molecule has 2 aliphatic rings. The molecule has 5 nitrogen and oxygen atoms in total. The van der Waals surface area contributed by atoms with Crippen LogP contribution in [0.4, 0.5) is 0 Å². The molecule has 2 aromatic carbocycles. The van der Waals surface area contributed by atoms with Crippen molar-refractivity contribution < 1.29 is 24.7 Å². The first-order valence-corrected chi connectivity index (χ1v) is 9.48. The van der Waals surface area contributed by atoms with Crippen LogP contribution in [0.1, 0.15) is 11.1 Å². The van der Waals surface area contributed by atoms with E-state index in [9.17, 15) is 4.79 Å². The Morgan fingerprint density at radius 2 is 1.20 bits per heavy atom. The molecule has 0 unspecified atom stereocenters. The van der Waals surface area contributed by atoms with Crippen LogP contribution in [0.5, 0.6) is 11.5 Å². The molecule has 1 aliphatic carbocycles. The number of allylic oxidation sites excluding steroid dienone is 7. The molecule has 0 atom stereocenters. The zero-order valence-corrected chi connectivity index (χ0v) is 16.8. The van der Waals surface area contributed by atoms with E-state index >= 15 is 0 Å². The highest BCUT2D eigenvalue weighted by atomic mass is 16.5. The monoisotopic (exact) mass is 400 g/mol. The van der Waals surface area contributed by atoms with Crippen molar-refractivity contribution in [3.05, 3.63) is 107 Å². The molecule has 0 bridgehead atoms. The molecule has 30 heavy (non-hydrogen) atoms. The predicted octanol–water partition coefficient (Wildman–Crippen LogP) is 3.68. The number of methoxy groups -OCH3 is 2. The van der Waals surface area contributed by atoms with E-state index in [1.807, 2.05) is 66.8 Å². The fourth-order valence-electron chi connectivity index (χ4n) is 3.22. The first-order valence-electron chi connectivity index (χ1n) is 9.48. The summed E-state index contributed by atoms with van der Waals surface area (Å²) in [6.07, 6.45) is 9.08. The Balaban J connectivity index is 1.80. The number of rotatable bonds is 4. The number of carbonyl (C=O) groups is 1. The average Bonchev–Trinajstić information content (AvgIpc) is 2.80. The third kappa shape index (κ3) is 3.97. The summed E-state index contributed by atoms with van der Waals surface area (Å²) >= 11 is 0. The van der Waals surface area contributed by atoms with Gasteiger partial charge in [-0.2, -0.15) is 0 Å². The molecule has 5 heteroatoms. The Hall–Kier alpha value is -3.83. The number of ketones is 1. The summed E-state index contributed by atoms with van der Waals surface area (Å²) in [7, 11) is 3.27. The van der Waals surface area contributed by atoms with Gasteiger partial charge in [-0.05, 0) is 77.9 Å². The molecule has 0 fully saturated rings. The highest BCUT2D eigenvalue weighted by molar-refractivity contribution is 6.04. The molecule has 1 aliphatic heterocycles. The van der Waals surface area contributed by atoms with Crippen LogP contribution in [0.25, 0.3) is 11.5 Å². The summed E-state index contributed by atoms with van der Waals surface area (Å²) in [6, 6.07) is 15.4. The van der Waals surface area contributed by atoms with Gasteiger partial charge in [0.05, 0.1) is 14.2 Å². The van der Waals surface area contributed by atoms with Crippen LogP contribution in [0.3, 0.4) is 0 Å². The SMILES string of the molecule is COc1ccc(C2=CC(=C3C=CC(=O)C([NH3+])=C3)C=C(c3ccc(OC)cc3)O2)cc1. The Bertz CT molecular complexity index is 1070. The fourth-order valence-corrected chi connectivity index (χ4v) is 3.22. The largest absolute Gasteiger partial charge is 0.497 e. The number of quaternary nitrogens is 1. The van der Waals surface area contributed by atoms with Crippen LogP contribution in [0, 0.1) is 0 Å². The first-order chi connectivity index (χ1) is 14.6. The zero-order chi connectivity index (χ0) is 21.1. The summed E-state index contributed by atoms with van der Waals surface area (Å²) in [6.45, 7) is 0. The minimum atomic E-state index is -0.0786. The van der Waals surface area contributed by atoms with Gasteiger partial charge in [0.1, 0.15) is 23.0 Å². The van der Waals surface area contributed by atoms with E-state index in [4.69, 9.17) is 14.2 Å². The summed E-state index contributed by atoms with van der Waals surface area (Å²) in [5.74, 6) is 2.89. The van der Waals surface area contributed by atoms with E-state index in [0.29, 0.717) is 17.2 Å². The maximum absolute atomic E-state index is 11.8. The van der Waals surface area contributed by atoms with E-state index in [1.54, 1.807) is 26.4 Å². The van der Waals surface area contributed by atoms with E-state index in [0.717, 1.165) is 33.8 Å². The van der Waals surface area contributed by atoms with Gasteiger partial charge >= 0.3 is 0 Å². The predicted molar refractivity (Wildman–Crippen MR) is 115 cm³/mol. The standard InChI is InChI=1S/C25H21NO4/c1-28-20-8-3-16(4-9-20)24-14-19(18-7-12-23(27)22(26)13-18)15-25(30-24)17-5-10-21(29-2)11-6-17/h3-15H,26H2,1-2H3/p+1. The van der Waals surface area contributed by atoms with Crippen molar-refractivity contribution in [2.75, 3.05) is 14.2 Å². The van der Waals surface area contributed by atoms with Gasteiger partial charge in [-0.3, -0.25) is 4.79 Å². The summed E-state index contributed by atoms with van der Waals surface area (Å²) in [5.41, 5.74) is 7.98. The lowest BCUT2D eigenvalue weighted by molar-refractivity contribution is -0.297. The summed E-state index contributed by atoms with van der Waals surface area (Å²) in [4.78, 5) is 11.8. The summed E-state index contributed by atoms with van der Waals surface area (Å²) in [5, 5.41) is 0. The van der Waals surface area contributed by atoms with Gasteiger partial charge in [0.2, 0.25) is 5.78 Å². The highest BCUT2D eigenvalue weighted by Gasteiger charge is 2.19. The van der Waals surface area contributed by atoms with Crippen LogP contribution in [0.15, 0.2) is 95.8 Å². The normalized spacial score (nSPS) is 15.8. The second-order valence-electron chi connectivity index (χ2n) is 6.85. The lowest BCUT2D eigenvalue weighted by Crippen LogP contribution is -2.51. The minimum Gasteiger partial charge on any atom is -0.497 e. The van der Waals surface area contributed by atoms with Crippen molar-refractivity contribution in [2.24, 2.45) is 0 Å². The molecule has 0 amide bonds. The Morgan fingerprint density at radius 1 is 0.700 bits per heavy atom. The molecule has 1 heterocycles. The second-order valence-corrected chi connectivity index (χ2v) is 6.85. The van der Waals surface area contributed by atoms with Crippen LogP contribution in [-0.4, -0.2) is 20.0 Å². The maximum atomic E-state index is 11.8. The van der Waals surface area contributed by atoms with E-state index in [2.05, 4.69) is 5.73 Å². The van der Waals surface area contributed by atoms with Gasteiger partial charge in [0.15, 0.2) is 5.70 Å². The number of hydrogen-bond donors (Lipinski definition) is 1. The van der Waals surface area contributed by atoms with Crippen molar-refractivity contribution in [3.63, 3.8) is 0 Å². The molecule has 4 rings (SSSR count). The van der Waals surface area contributed by atoms with Gasteiger partial charge in [0, 0.05) is 17.2 Å². The minimum absolute atomic E-state index is 0.0786. The van der Waals surface area contributed by atoms with Crippen molar-refractivity contribution in [1.82, 2.24) is 0 Å². The molecule has 2 aromatic rings. The molecule has 150 valence electrons. The number of carbonyl (C=O) groups excluding carboxylic acids is 1. The molecule has 0 spiro atoms. The third-order valence-corrected chi connectivity index (χ3v) is 4.94. The zero-order valence-electron chi connectivity index (χ0n) is 16.8. The summed E-state index contributed by atoms with van der Waals surface area (Å²) < 4.78 is 16.8. The van der Waals surface area contributed by atoms with Gasteiger partial charge in [-0.25, -0.2) is 0 Å². The van der Waals surface area contributed by atoms with Crippen molar-refractivity contribution in [3.8, 4) is 11.5 Å². The Kier molecular flexibility index (Phi) is 5.37. The van der Waals surface area contributed by atoms with Crippen LogP contribution >= 0.6 is 0 Å². The van der Waals surface area contributed by atoms with Gasteiger partial charge in [0.25, 0.3) is 0 Å². The molecular weight excluding hydrogens is 378 g/mol. The van der Waals surface area contributed by atoms with Gasteiger partial charge in [-0.15, -0.1) is 0 Å². The van der Waals surface area contributed by atoms with Gasteiger partial charge < -0.3 is 19.9 Å². The Labute approximate surface area is 175 Å². The van der Waals surface area contributed by atoms with Crippen molar-refractivity contribution >= 4 is 17.3 Å². The smallest absolute Gasteiger partial charge is 0.238 e. The fraction of sp³-hybridized carbons (Fsp3) is 0.0800. The van der Waals surface area contributed by atoms with E-state index < -0.39 is 0 Å². The number of hydrogen-bond acceptors (Lipinski definition) is 4. The maximum Gasteiger partial charge on any atom is 0.238 e. The number of benzene rings is 2. The van der Waals surface area contributed by atoms with Crippen LogP contribution in [-0.2, 0) is 9.53 Å². The van der Waals surface area contributed by atoms with E-state index in [-0.39, 0.29) is 5.78 Å². The number of ether oxygens (including phenoxy) is 3. The molecular formula is C25H22NO4+. The van der Waals surface area contributed by atoms with Crippen LogP contribution in [0.2, 0.25) is 0 Å². The lowest BCUT2D eigenvalue weighted by atomic mass is 9.96. The second kappa shape index (κ2) is 8.27. The van der Waals surface area contributed by atoms with Gasteiger partial charge in [-0.1, -0.05) is 6.08 Å². The molecule has 3 N–H and O–H groups in total. The molecule has 0 saturated carbocycles. The molecule has 0 aromatic heterocycles. The van der Waals surface area contributed by atoms with Crippen molar-refractivity contribution in [2.45, 2.75) is 0 Å². The topological polar surface area (TPSA) is 72.4 Å². The van der Waals surface area contributed by atoms with Crippen LogP contribution < -0.4 is 15.2 Å². The molecule has 0 saturated heterocycles. The average molecular weight is 400 g/mol. The quantitative estimate of drug-likeness (QED) is 0.850. The highest BCUT2D eigenvalue weighted by Crippen LogP contribution is 2.35. The molecule has 0 radical (unpaired) electrons. The first kappa shape index (κ1) is 19.5. The lowest BCUT2D eigenvalue weighted by Gasteiger charge is -2.20. The van der Waals surface area contributed by atoms with E-state index in [1.165, 1.54) is 0 Å². The third-order valence-electron chi connectivity index (χ3n) is 4.94.